The zero-order valence-corrected chi connectivity index (χ0v) is 11.3. The van der Waals surface area contributed by atoms with E-state index in [-0.39, 0.29) is 20.4 Å². The van der Waals surface area contributed by atoms with Crippen LogP contribution in [0, 0.1) is 0 Å². The Labute approximate surface area is 103 Å². The Kier molecular flexibility index (Phi) is 2.86. The molecule has 17 heavy (non-hydrogen) atoms. The molecule has 2 atom stereocenters. The van der Waals surface area contributed by atoms with Crippen LogP contribution in [0.1, 0.15) is 25.0 Å². The summed E-state index contributed by atoms with van der Waals surface area (Å²) in [7, 11) is -7.50. The first-order chi connectivity index (χ1) is 7.64. The lowest BCUT2D eigenvalue weighted by Crippen LogP contribution is -2.26. The molecule has 0 aliphatic carbocycles. The van der Waals surface area contributed by atoms with Crippen LogP contribution in [0.3, 0.4) is 0 Å². The number of primary sulfonamides is 1. The molecule has 6 nitrogen and oxygen atoms in total. The zero-order valence-electron chi connectivity index (χ0n) is 8.82. The van der Waals surface area contributed by atoms with Crippen LogP contribution in [-0.2, 0) is 19.9 Å². The maximum atomic E-state index is 12.0. The van der Waals surface area contributed by atoms with Gasteiger partial charge in [-0.25, -0.2) is 22.0 Å². The third-order valence-electron chi connectivity index (χ3n) is 2.69. The first-order valence-electron chi connectivity index (χ1n) is 4.72. The van der Waals surface area contributed by atoms with Gasteiger partial charge in [0, 0.05) is 5.56 Å². The summed E-state index contributed by atoms with van der Waals surface area (Å²) in [5.74, 6) is 0. The van der Waals surface area contributed by atoms with E-state index in [1.807, 2.05) is 0 Å². The van der Waals surface area contributed by atoms with Crippen molar-refractivity contribution in [1.82, 2.24) is 0 Å². The molecule has 9 heteroatoms. The monoisotopic (exact) mass is 297 g/mol. The molecule has 0 bridgehead atoms. The Morgan fingerprint density at radius 3 is 2.65 bits per heavy atom. The highest BCUT2D eigenvalue weighted by atomic mass is 32.3. The van der Waals surface area contributed by atoms with Crippen LogP contribution >= 0.6 is 11.3 Å². The predicted octanol–water partition coefficient (Wildman–Crippen LogP) is -0.00520. The van der Waals surface area contributed by atoms with Crippen molar-refractivity contribution in [2.24, 2.45) is 5.14 Å². The molecule has 2 unspecified atom stereocenters. The summed E-state index contributed by atoms with van der Waals surface area (Å²) in [5, 5.41) is 14.0. The van der Waals surface area contributed by atoms with E-state index in [9.17, 15) is 21.9 Å². The SMILES string of the molecule is CC1CC(O)c2cc(S(N)(=O)=O)sc2S1(=O)=O. The number of thiophene rings is 1. The number of aliphatic hydroxyl groups excluding tert-OH is 1. The van der Waals surface area contributed by atoms with E-state index >= 15 is 0 Å². The summed E-state index contributed by atoms with van der Waals surface area (Å²) in [6, 6.07) is 1.14. The van der Waals surface area contributed by atoms with E-state index < -0.39 is 31.2 Å². The minimum Gasteiger partial charge on any atom is -0.388 e. The first kappa shape index (κ1) is 13.0. The molecule has 0 saturated heterocycles. The van der Waals surface area contributed by atoms with Gasteiger partial charge in [0.2, 0.25) is 10.0 Å². The zero-order chi connectivity index (χ0) is 13.0. The van der Waals surface area contributed by atoms with Gasteiger partial charge in [-0.3, -0.25) is 0 Å². The quantitative estimate of drug-likeness (QED) is 0.757. The summed E-state index contributed by atoms with van der Waals surface area (Å²) in [4.78, 5) is 0. The maximum Gasteiger partial charge on any atom is 0.247 e. The molecule has 0 radical (unpaired) electrons. The highest BCUT2D eigenvalue weighted by Crippen LogP contribution is 2.42. The fraction of sp³-hybridized carbons (Fsp3) is 0.500. The lowest BCUT2D eigenvalue weighted by molar-refractivity contribution is 0.161. The average molecular weight is 297 g/mol. The molecule has 96 valence electrons. The molecule has 1 aromatic rings. The van der Waals surface area contributed by atoms with Crippen molar-refractivity contribution in [3.05, 3.63) is 11.6 Å². The molecule has 0 spiro atoms. The smallest absolute Gasteiger partial charge is 0.247 e. The second-order valence-electron chi connectivity index (χ2n) is 3.96. The molecule has 2 heterocycles. The number of hydrogen-bond acceptors (Lipinski definition) is 6. The number of sulfonamides is 1. The predicted molar refractivity (Wildman–Crippen MR) is 61.9 cm³/mol. The number of rotatable bonds is 1. The summed E-state index contributed by atoms with van der Waals surface area (Å²) in [5.41, 5.74) is 0.136. The maximum absolute atomic E-state index is 12.0. The molecule has 0 aromatic carbocycles. The van der Waals surface area contributed by atoms with Crippen LogP contribution in [0.15, 0.2) is 14.5 Å². The van der Waals surface area contributed by atoms with Gasteiger partial charge in [-0.05, 0) is 19.4 Å². The van der Waals surface area contributed by atoms with Crippen LogP contribution in [0.2, 0.25) is 0 Å². The second kappa shape index (κ2) is 3.75. The Bertz CT molecular complexity index is 657. The van der Waals surface area contributed by atoms with Crippen molar-refractivity contribution < 1.29 is 21.9 Å². The van der Waals surface area contributed by atoms with Gasteiger partial charge in [-0.15, -0.1) is 11.3 Å². The van der Waals surface area contributed by atoms with Crippen molar-refractivity contribution in [2.45, 2.75) is 33.1 Å². The number of sulfone groups is 1. The van der Waals surface area contributed by atoms with E-state index in [0.29, 0.717) is 11.3 Å². The number of hydrogen-bond donors (Lipinski definition) is 2. The second-order valence-corrected chi connectivity index (χ2v) is 9.36. The Morgan fingerprint density at radius 1 is 1.53 bits per heavy atom. The van der Waals surface area contributed by atoms with Crippen molar-refractivity contribution >= 4 is 31.2 Å². The minimum atomic E-state index is -3.95. The van der Waals surface area contributed by atoms with Crippen LogP contribution in [0.4, 0.5) is 0 Å². The molecule has 1 aliphatic heterocycles. The van der Waals surface area contributed by atoms with Gasteiger partial charge in [0.1, 0.15) is 8.42 Å². The van der Waals surface area contributed by atoms with Crippen LogP contribution in [-0.4, -0.2) is 27.2 Å². The van der Waals surface area contributed by atoms with Gasteiger partial charge in [0.15, 0.2) is 9.84 Å². The molecule has 2 rings (SSSR count). The lowest BCUT2D eigenvalue weighted by Gasteiger charge is -2.23. The number of nitrogens with two attached hydrogens (primary N) is 1. The molecular formula is C8H11NO5S3. The fourth-order valence-corrected chi connectivity index (χ4v) is 6.11. The Balaban J connectivity index is 2.73. The summed E-state index contributed by atoms with van der Waals surface area (Å²) >= 11 is 0.596. The van der Waals surface area contributed by atoms with Gasteiger partial charge in [0.05, 0.1) is 11.4 Å². The van der Waals surface area contributed by atoms with Crippen LogP contribution in [0.25, 0.3) is 0 Å². The highest BCUT2D eigenvalue weighted by molar-refractivity contribution is 7.95. The van der Waals surface area contributed by atoms with Crippen molar-refractivity contribution in [3.63, 3.8) is 0 Å². The van der Waals surface area contributed by atoms with E-state index in [4.69, 9.17) is 5.14 Å². The molecule has 1 aliphatic rings. The number of fused-ring (bicyclic) bond motifs is 1. The van der Waals surface area contributed by atoms with Crippen molar-refractivity contribution in [3.8, 4) is 0 Å². The number of aliphatic hydroxyl groups is 1. The summed E-state index contributed by atoms with van der Waals surface area (Å²) in [6.07, 6.45) is -0.897. The first-order valence-corrected chi connectivity index (χ1v) is 8.63. The largest absolute Gasteiger partial charge is 0.388 e. The highest BCUT2D eigenvalue weighted by Gasteiger charge is 2.38. The molecule has 0 saturated carbocycles. The molecule has 0 fully saturated rings. The van der Waals surface area contributed by atoms with Gasteiger partial charge in [-0.1, -0.05) is 0 Å². The summed E-state index contributed by atoms with van der Waals surface area (Å²) in [6.45, 7) is 1.48. The van der Waals surface area contributed by atoms with E-state index in [1.165, 1.54) is 6.92 Å². The molecule has 0 amide bonds. The average Bonchev–Trinajstić information content (AvgIpc) is 2.59. The molecule has 1 aromatic heterocycles. The third-order valence-corrected chi connectivity index (χ3v) is 8.00. The van der Waals surface area contributed by atoms with Gasteiger partial charge in [0.25, 0.3) is 0 Å². The lowest BCUT2D eigenvalue weighted by atomic mass is 10.1. The fourth-order valence-electron chi connectivity index (χ4n) is 1.71. The van der Waals surface area contributed by atoms with Crippen LogP contribution in [0.5, 0.6) is 0 Å². The molecule has 3 N–H and O–H groups in total. The normalized spacial score (nSPS) is 27.7. The van der Waals surface area contributed by atoms with E-state index in [2.05, 4.69) is 0 Å². The van der Waals surface area contributed by atoms with E-state index in [1.54, 1.807) is 0 Å². The minimum absolute atomic E-state index is 0.0656. The topological polar surface area (TPSA) is 115 Å². The van der Waals surface area contributed by atoms with Crippen molar-refractivity contribution in [1.29, 1.82) is 0 Å². The standard InChI is InChI=1S/C8H11NO5S3/c1-4-2-6(10)5-3-7(17(9,13)14)15-8(5)16(4,11)12/h3-4,6,10H,2H2,1H3,(H2,9,13,14). The van der Waals surface area contributed by atoms with Gasteiger partial charge in [-0.2, -0.15) is 0 Å². The van der Waals surface area contributed by atoms with E-state index in [0.717, 1.165) is 6.07 Å². The van der Waals surface area contributed by atoms with Crippen molar-refractivity contribution in [2.75, 3.05) is 0 Å². The van der Waals surface area contributed by atoms with Gasteiger partial charge < -0.3 is 5.11 Å². The Morgan fingerprint density at radius 2 is 2.12 bits per heavy atom. The summed E-state index contributed by atoms with van der Waals surface area (Å²) < 4.78 is 45.9. The van der Waals surface area contributed by atoms with Gasteiger partial charge >= 0.3 is 0 Å². The third kappa shape index (κ3) is 2.02. The molecular weight excluding hydrogens is 286 g/mol. The Hall–Kier alpha value is -0.480. The van der Waals surface area contributed by atoms with Crippen LogP contribution < -0.4 is 5.14 Å².